The Kier molecular flexibility index (Phi) is 6.28. The lowest BCUT2D eigenvalue weighted by Gasteiger charge is -2.08. The zero-order valence-electron chi connectivity index (χ0n) is 8.54. The molecule has 0 unspecified atom stereocenters. The standard InChI is InChI=1S/C8H19NO3S/c1-4-12-7-5-6-9-13(10,11)8(2)3/h8-9H,4-7H2,1-3H3. The fraction of sp³-hybridized carbons (Fsp3) is 1.00. The molecular formula is C8H19NO3S. The summed E-state index contributed by atoms with van der Waals surface area (Å²) in [5.74, 6) is 0. The van der Waals surface area contributed by atoms with Gasteiger partial charge in [0.25, 0.3) is 0 Å². The van der Waals surface area contributed by atoms with Crippen molar-refractivity contribution in [2.45, 2.75) is 32.4 Å². The van der Waals surface area contributed by atoms with Crippen LogP contribution in [-0.2, 0) is 14.8 Å². The highest BCUT2D eigenvalue weighted by Gasteiger charge is 2.13. The van der Waals surface area contributed by atoms with Crippen molar-refractivity contribution >= 4 is 10.0 Å². The van der Waals surface area contributed by atoms with Gasteiger partial charge in [0.05, 0.1) is 5.25 Å². The molecule has 80 valence electrons. The fourth-order valence-corrected chi connectivity index (χ4v) is 1.46. The minimum atomic E-state index is -3.09. The van der Waals surface area contributed by atoms with Crippen LogP contribution in [0.1, 0.15) is 27.2 Å². The Morgan fingerprint density at radius 3 is 2.46 bits per heavy atom. The third-order valence-corrected chi connectivity index (χ3v) is 3.44. The van der Waals surface area contributed by atoms with Crippen molar-refractivity contribution in [2.75, 3.05) is 19.8 Å². The highest BCUT2D eigenvalue weighted by atomic mass is 32.2. The van der Waals surface area contributed by atoms with Crippen LogP contribution in [0.25, 0.3) is 0 Å². The van der Waals surface area contributed by atoms with Gasteiger partial charge in [0.15, 0.2) is 0 Å². The van der Waals surface area contributed by atoms with E-state index in [0.717, 1.165) is 6.42 Å². The first-order chi connectivity index (χ1) is 6.00. The Bertz CT molecular complexity index is 211. The van der Waals surface area contributed by atoms with Crippen molar-refractivity contribution in [3.63, 3.8) is 0 Å². The third-order valence-electron chi connectivity index (χ3n) is 1.59. The van der Waals surface area contributed by atoms with E-state index in [1.807, 2.05) is 6.92 Å². The smallest absolute Gasteiger partial charge is 0.213 e. The Morgan fingerprint density at radius 2 is 2.00 bits per heavy atom. The molecule has 0 aliphatic carbocycles. The maximum Gasteiger partial charge on any atom is 0.213 e. The van der Waals surface area contributed by atoms with Gasteiger partial charge in [-0.3, -0.25) is 0 Å². The molecule has 5 heteroatoms. The van der Waals surface area contributed by atoms with E-state index >= 15 is 0 Å². The van der Waals surface area contributed by atoms with Gasteiger partial charge in [-0.1, -0.05) is 0 Å². The zero-order valence-corrected chi connectivity index (χ0v) is 9.36. The molecule has 0 aliphatic rings. The topological polar surface area (TPSA) is 55.4 Å². The second kappa shape index (κ2) is 6.34. The first-order valence-electron chi connectivity index (χ1n) is 4.57. The van der Waals surface area contributed by atoms with Crippen LogP contribution in [0.4, 0.5) is 0 Å². The van der Waals surface area contributed by atoms with Gasteiger partial charge in [-0.15, -0.1) is 0 Å². The van der Waals surface area contributed by atoms with Crippen molar-refractivity contribution in [1.29, 1.82) is 0 Å². The van der Waals surface area contributed by atoms with Gasteiger partial charge < -0.3 is 4.74 Å². The Hall–Kier alpha value is -0.130. The number of sulfonamides is 1. The molecule has 13 heavy (non-hydrogen) atoms. The zero-order chi connectivity index (χ0) is 10.3. The normalized spacial score (nSPS) is 12.3. The molecule has 0 spiro atoms. The predicted octanol–water partition coefficient (Wildman–Crippen LogP) is 0.741. The van der Waals surface area contributed by atoms with Crippen molar-refractivity contribution < 1.29 is 13.2 Å². The maximum atomic E-state index is 11.2. The maximum absolute atomic E-state index is 11.2. The number of ether oxygens (including phenoxy) is 1. The van der Waals surface area contributed by atoms with Crippen LogP contribution < -0.4 is 4.72 Å². The van der Waals surface area contributed by atoms with Gasteiger partial charge in [-0.25, -0.2) is 13.1 Å². The molecule has 0 heterocycles. The third kappa shape index (κ3) is 6.01. The minimum absolute atomic E-state index is 0.361. The summed E-state index contributed by atoms with van der Waals surface area (Å²) in [6.45, 7) is 6.97. The molecule has 0 saturated carbocycles. The molecular weight excluding hydrogens is 190 g/mol. The van der Waals surface area contributed by atoms with Gasteiger partial charge in [0.1, 0.15) is 0 Å². The van der Waals surface area contributed by atoms with E-state index in [-0.39, 0.29) is 5.25 Å². The minimum Gasteiger partial charge on any atom is -0.382 e. The molecule has 0 aromatic rings. The highest BCUT2D eigenvalue weighted by molar-refractivity contribution is 7.90. The Labute approximate surface area is 80.7 Å². The van der Waals surface area contributed by atoms with Crippen LogP contribution in [0.3, 0.4) is 0 Å². The number of hydrogen-bond acceptors (Lipinski definition) is 3. The molecule has 1 N–H and O–H groups in total. The van der Waals surface area contributed by atoms with E-state index in [1.165, 1.54) is 0 Å². The fourth-order valence-electron chi connectivity index (χ4n) is 0.700. The first-order valence-corrected chi connectivity index (χ1v) is 6.11. The first kappa shape index (κ1) is 12.9. The van der Waals surface area contributed by atoms with Crippen molar-refractivity contribution in [1.82, 2.24) is 4.72 Å². The summed E-state index contributed by atoms with van der Waals surface area (Å²) in [6, 6.07) is 0. The van der Waals surface area contributed by atoms with Crippen LogP contribution in [0.5, 0.6) is 0 Å². The van der Waals surface area contributed by atoms with Crippen molar-refractivity contribution in [2.24, 2.45) is 0 Å². The summed E-state index contributed by atoms with van der Waals surface area (Å²) in [5.41, 5.74) is 0. The van der Waals surface area contributed by atoms with Gasteiger partial charge in [0.2, 0.25) is 10.0 Å². The lowest BCUT2D eigenvalue weighted by Crippen LogP contribution is -2.31. The van der Waals surface area contributed by atoms with E-state index in [9.17, 15) is 8.42 Å². The second-order valence-electron chi connectivity index (χ2n) is 3.04. The van der Waals surface area contributed by atoms with Gasteiger partial charge >= 0.3 is 0 Å². The average Bonchev–Trinajstić information content (AvgIpc) is 2.03. The largest absolute Gasteiger partial charge is 0.382 e. The highest BCUT2D eigenvalue weighted by Crippen LogP contribution is 1.95. The second-order valence-corrected chi connectivity index (χ2v) is 5.36. The lowest BCUT2D eigenvalue weighted by atomic mass is 10.5. The van der Waals surface area contributed by atoms with E-state index in [1.54, 1.807) is 13.8 Å². The van der Waals surface area contributed by atoms with Crippen LogP contribution in [0.2, 0.25) is 0 Å². The van der Waals surface area contributed by atoms with E-state index < -0.39 is 10.0 Å². The SMILES string of the molecule is CCOCCCNS(=O)(=O)C(C)C. The summed E-state index contributed by atoms with van der Waals surface area (Å²) in [4.78, 5) is 0. The molecule has 0 radical (unpaired) electrons. The quantitative estimate of drug-likeness (QED) is 0.629. The van der Waals surface area contributed by atoms with Crippen LogP contribution in [0, 0.1) is 0 Å². The summed E-state index contributed by atoms with van der Waals surface area (Å²) >= 11 is 0. The van der Waals surface area contributed by atoms with E-state index in [0.29, 0.717) is 19.8 Å². The predicted molar refractivity (Wildman–Crippen MR) is 53.2 cm³/mol. The van der Waals surface area contributed by atoms with Gasteiger partial charge in [-0.2, -0.15) is 0 Å². The van der Waals surface area contributed by atoms with Crippen LogP contribution in [0.15, 0.2) is 0 Å². The van der Waals surface area contributed by atoms with Gasteiger partial charge in [-0.05, 0) is 27.2 Å². The summed E-state index contributed by atoms with van der Waals surface area (Å²) in [6.07, 6.45) is 0.722. The molecule has 0 aliphatic heterocycles. The lowest BCUT2D eigenvalue weighted by molar-refractivity contribution is 0.146. The molecule has 0 aromatic carbocycles. The molecule has 0 rings (SSSR count). The van der Waals surface area contributed by atoms with Crippen LogP contribution >= 0.6 is 0 Å². The molecule has 4 nitrogen and oxygen atoms in total. The van der Waals surface area contributed by atoms with Crippen molar-refractivity contribution in [3.8, 4) is 0 Å². The number of rotatable bonds is 7. The molecule has 0 fully saturated rings. The van der Waals surface area contributed by atoms with Gasteiger partial charge in [0, 0.05) is 19.8 Å². The monoisotopic (exact) mass is 209 g/mol. The van der Waals surface area contributed by atoms with E-state index in [2.05, 4.69) is 4.72 Å². The molecule has 0 bridgehead atoms. The number of hydrogen-bond donors (Lipinski definition) is 1. The summed E-state index contributed by atoms with van der Waals surface area (Å²) in [5, 5.41) is -0.361. The summed E-state index contributed by atoms with van der Waals surface area (Å²) < 4.78 is 30.0. The molecule has 0 saturated heterocycles. The Morgan fingerprint density at radius 1 is 1.38 bits per heavy atom. The van der Waals surface area contributed by atoms with E-state index in [4.69, 9.17) is 4.74 Å². The average molecular weight is 209 g/mol. The summed E-state index contributed by atoms with van der Waals surface area (Å²) in [7, 11) is -3.09. The van der Waals surface area contributed by atoms with Crippen molar-refractivity contribution in [3.05, 3.63) is 0 Å². The molecule has 0 amide bonds. The van der Waals surface area contributed by atoms with Crippen LogP contribution in [-0.4, -0.2) is 33.4 Å². The Balaban J connectivity index is 3.53. The number of nitrogens with one attached hydrogen (secondary N) is 1. The molecule has 0 aromatic heterocycles. The molecule has 0 atom stereocenters.